The average molecular weight is 313 g/mol. The minimum atomic E-state index is -1.73. The number of hydrogen-bond acceptors (Lipinski definition) is 3. The molecule has 1 aromatic carbocycles. The summed E-state index contributed by atoms with van der Waals surface area (Å²) < 4.78 is 16.2. The van der Waals surface area contributed by atoms with Gasteiger partial charge in [0.05, 0.1) is 11.6 Å². The fraction of sp³-hybridized carbons (Fsp3) is 0.353. The molecule has 23 heavy (non-hydrogen) atoms. The van der Waals surface area contributed by atoms with Crippen LogP contribution < -0.4 is 9.67 Å². The van der Waals surface area contributed by atoms with E-state index < -0.39 is 17.6 Å². The number of rotatable bonds is 2. The number of imidazole rings is 1. The van der Waals surface area contributed by atoms with Crippen LogP contribution in [0.3, 0.4) is 0 Å². The summed E-state index contributed by atoms with van der Waals surface area (Å²) in [6.07, 6.45) is 6.49. The first-order chi connectivity index (χ1) is 11.2. The Bertz CT molecular complexity index is 913. The quantitative estimate of drug-likeness (QED) is 0.539. The van der Waals surface area contributed by atoms with Crippen molar-refractivity contribution in [3.8, 4) is 5.88 Å². The predicted molar refractivity (Wildman–Crippen MR) is 79.9 cm³/mol. The van der Waals surface area contributed by atoms with Gasteiger partial charge in [-0.2, -0.15) is 4.39 Å². The smallest absolute Gasteiger partial charge is 0.376 e. The minimum Gasteiger partial charge on any atom is -0.839 e. The van der Waals surface area contributed by atoms with Crippen molar-refractivity contribution in [2.75, 3.05) is 0 Å². The van der Waals surface area contributed by atoms with Gasteiger partial charge in [0, 0.05) is 5.39 Å². The van der Waals surface area contributed by atoms with Crippen molar-refractivity contribution in [2.24, 2.45) is 0 Å². The normalized spacial score (nSPS) is 16.2. The number of fused-ring (bicyclic) bond motifs is 3. The number of carbonyl (C=O) groups is 1. The second kappa shape index (κ2) is 5.30. The van der Waals surface area contributed by atoms with Crippen molar-refractivity contribution in [3.05, 3.63) is 36.2 Å². The van der Waals surface area contributed by atoms with E-state index in [4.69, 9.17) is 0 Å². The van der Waals surface area contributed by atoms with Gasteiger partial charge in [0.2, 0.25) is 0 Å². The van der Waals surface area contributed by atoms with Crippen LogP contribution in [-0.2, 0) is 0 Å². The standard InChI is InChI=1S/C17H16FN3O2/c18-15(22)14-17(23)20(12-7-2-1-3-8-12)16-13-9-5-4-6-11(13)10-19-21(14)16/h4-6,9-10,12H,1-3,7-8H2. The highest BCUT2D eigenvalue weighted by Crippen LogP contribution is 2.30. The first-order valence-electron chi connectivity index (χ1n) is 7.89. The van der Waals surface area contributed by atoms with Crippen LogP contribution in [0.1, 0.15) is 48.6 Å². The van der Waals surface area contributed by atoms with Crippen LogP contribution >= 0.6 is 0 Å². The van der Waals surface area contributed by atoms with Gasteiger partial charge in [-0.3, -0.25) is 4.79 Å². The number of hydrogen-bond donors (Lipinski definition) is 0. The van der Waals surface area contributed by atoms with Crippen LogP contribution in [0.2, 0.25) is 0 Å². The van der Waals surface area contributed by atoms with Crippen LogP contribution in [0.15, 0.2) is 30.5 Å². The summed E-state index contributed by atoms with van der Waals surface area (Å²) in [6, 6.07) is 5.77. The van der Waals surface area contributed by atoms with Gasteiger partial charge >= 0.3 is 11.7 Å². The molecule has 1 saturated carbocycles. The van der Waals surface area contributed by atoms with Gasteiger partial charge in [0.15, 0.2) is 0 Å². The number of aromatic nitrogens is 3. The number of halogens is 1. The lowest BCUT2D eigenvalue weighted by molar-refractivity contribution is -0.736. The largest absolute Gasteiger partial charge is 0.839 e. The highest BCUT2D eigenvalue weighted by Gasteiger charge is 2.33. The van der Waals surface area contributed by atoms with E-state index in [0.717, 1.165) is 42.9 Å². The third kappa shape index (κ3) is 2.09. The summed E-state index contributed by atoms with van der Waals surface area (Å²) >= 11 is 0. The lowest BCUT2D eigenvalue weighted by atomic mass is 9.95. The molecular weight excluding hydrogens is 297 g/mol. The van der Waals surface area contributed by atoms with E-state index in [0.29, 0.717) is 5.65 Å². The van der Waals surface area contributed by atoms with E-state index in [1.54, 1.807) is 10.8 Å². The lowest BCUT2D eigenvalue weighted by Gasteiger charge is -2.22. The topological polar surface area (TPSA) is 61.3 Å². The Morgan fingerprint density at radius 3 is 2.74 bits per heavy atom. The molecule has 1 aliphatic carbocycles. The maximum Gasteiger partial charge on any atom is 0.376 e. The van der Waals surface area contributed by atoms with Crippen LogP contribution in [-0.4, -0.2) is 15.7 Å². The summed E-state index contributed by atoms with van der Waals surface area (Å²) in [4.78, 5) is 11.4. The monoisotopic (exact) mass is 313 g/mol. The molecule has 2 aromatic heterocycles. The van der Waals surface area contributed by atoms with Crippen molar-refractivity contribution >= 4 is 22.5 Å². The third-order valence-corrected chi connectivity index (χ3v) is 4.70. The fourth-order valence-electron chi connectivity index (χ4n) is 3.64. The number of carbonyl (C=O) groups excluding carboxylic acids is 1. The van der Waals surface area contributed by atoms with Crippen LogP contribution in [0.4, 0.5) is 4.39 Å². The summed E-state index contributed by atoms with van der Waals surface area (Å²) in [5.74, 6) is -0.576. The van der Waals surface area contributed by atoms with Gasteiger partial charge in [-0.1, -0.05) is 34.2 Å². The Hall–Kier alpha value is -2.50. The molecule has 4 rings (SSSR count). The summed E-state index contributed by atoms with van der Waals surface area (Å²) in [6.45, 7) is 0. The molecule has 1 fully saturated rings. The molecule has 0 aliphatic heterocycles. The predicted octanol–water partition coefficient (Wildman–Crippen LogP) is 2.46. The zero-order valence-electron chi connectivity index (χ0n) is 12.5. The molecule has 0 unspecified atom stereocenters. The molecule has 1 aliphatic rings. The van der Waals surface area contributed by atoms with E-state index in [1.807, 2.05) is 24.3 Å². The van der Waals surface area contributed by atoms with Crippen molar-refractivity contribution in [1.29, 1.82) is 0 Å². The third-order valence-electron chi connectivity index (χ3n) is 4.70. The van der Waals surface area contributed by atoms with E-state index in [1.165, 1.54) is 4.52 Å². The molecule has 3 aromatic rings. The Morgan fingerprint density at radius 2 is 2.00 bits per heavy atom. The van der Waals surface area contributed by atoms with Gasteiger partial charge < -0.3 is 5.11 Å². The lowest BCUT2D eigenvalue weighted by Crippen LogP contribution is -2.42. The molecule has 0 atom stereocenters. The van der Waals surface area contributed by atoms with Gasteiger partial charge in [-0.15, -0.1) is 0 Å². The molecule has 0 saturated heterocycles. The van der Waals surface area contributed by atoms with Crippen molar-refractivity contribution in [1.82, 2.24) is 9.61 Å². The Kier molecular flexibility index (Phi) is 3.25. The van der Waals surface area contributed by atoms with Crippen molar-refractivity contribution in [3.63, 3.8) is 0 Å². The SMILES string of the molecule is O=C(F)c1c([O-])[n+](C2CCCCC2)c2c3ccccc3cnn12. The maximum atomic E-state index is 13.5. The van der Waals surface area contributed by atoms with Gasteiger partial charge in [0.1, 0.15) is 11.9 Å². The maximum absolute atomic E-state index is 13.5. The average Bonchev–Trinajstić information content (AvgIpc) is 2.88. The molecule has 6 heteroatoms. The van der Waals surface area contributed by atoms with Crippen molar-refractivity contribution in [2.45, 2.75) is 38.1 Å². The van der Waals surface area contributed by atoms with Crippen LogP contribution in [0.5, 0.6) is 5.88 Å². The van der Waals surface area contributed by atoms with Crippen LogP contribution in [0.25, 0.3) is 16.4 Å². The number of benzene rings is 1. The highest BCUT2D eigenvalue weighted by atomic mass is 19.1. The minimum absolute atomic E-state index is 0.00745. The van der Waals surface area contributed by atoms with Gasteiger partial charge in [0.25, 0.3) is 5.69 Å². The summed E-state index contributed by atoms with van der Waals surface area (Å²) in [5, 5.41) is 18.5. The van der Waals surface area contributed by atoms with E-state index >= 15 is 0 Å². The molecule has 0 bridgehead atoms. The molecule has 5 nitrogen and oxygen atoms in total. The van der Waals surface area contributed by atoms with E-state index in [2.05, 4.69) is 5.10 Å². The van der Waals surface area contributed by atoms with Crippen molar-refractivity contribution < 1.29 is 18.9 Å². The molecular formula is C17H16FN3O2. The zero-order chi connectivity index (χ0) is 16.0. The molecule has 0 N–H and O–H groups in total. The van der Waals surface area contributed by atoms with Gasteiger partial charge in [-0.05, 0) is 31.7 Å². The van der Waals surface area contributed by atoms with E-state index in [9.17, 15) is 14.3 Å². The van der Waals surface area contributed by atoms with E-state index in [-0.39, 0.29) is 6.04 Å². The second-order valence-corrected chi connectivity index (χ2v) is 6.06. The molecule has 2 heterocycles. The van der Waals surface area contributed by atoms with Gasteiger partial charge in [-0.25, -0.2) is 4.57 Å². The molecule has 0 radical (unpaired) electrons. The fourth-order valence-corrected chi connectivity index (χ4v) is 3.64. The Labute approximate surface area is 132 Å². The second-order valence-electron chi connectivity index (χ2n) is 6.06. The first kappa shape index (κ1) is 14.1. The highest BCUT2D eigenvalue weighted by molar-refractivity contribution is 5.95. The summed E-state index contributed by atoms with van der Waals surface area (Å²) in [7, 11) is 0. The van der Waals surface area contributed by atoms with Crippen LogP contribution in [0, 0.1) is 0 Å². The zero-order valence-corrected chi connectivity index (χ0v) is 12.5. The Morgan fingerprint density at radius 1 is 1.26 bits per heavy atom. The summed E-state index contributed by atoms with van der Waals surface area (Å²) in [5.41, 5.74) is 0.0114. The molecule has 118 valence electrons. The molecule has 0 amide bonds. The number of nitrogens with zero attached hydrogens (tertiary/aromatic N) is 3. The Balaban J connectivity index is 2.11. The first-order valence-corrected chi connectivity index (χ1v) is 7.89. The molecule has 0 spiro atoms.